The minimum atomic E-state index is -4.70. The molecule has 3 nitrogen and oxygen atoms in total. The van der Waals surface area contributed by atoms with Crippen LogP contribution in [-0.2, 0) is 4.79 Å². The Labute approximate surface area is 102 Å². The van der Waals surface area contributed by atoms with Crippen molar-refractivity contribution in [3.05, 3.63) is 23.8 Å². The topological polar surface area (TPSA) is 29.5 Å². The highest BCUT2D eigenvalue weighted by Crippen LogP contribution is 2.30. The molecular formula is C12H12F3NO2. The van der Waals surface area contributed by atoms with E-state index in [1.807, 2.05) is 0 Å². The smallest absolute Gasteiger partial charge is 0.406 e. The molecule has 0 aromatic heterocycles. The van der Waals surface area contributed by atoms with Gasteiger partial charge < -0.3 is 9.64 Å². The first-order valence-electron chi connectivity index (χ1n) is 5.53. The maximum atomic E-state index is 12.0. The molecule has 1 heterocycles. The molecule has 1 aromatic rings. The Hall–Kier alpha value is -1.72. The highest BCUT2D eigenvalue weighted by atomic mass is 19.4. The summed E-state index contributed by atoms with van der Waals surface area (Å²) in [7, 11) is 0. The van der Waals surface area contributed by atoms with Gasteiger partial charge in [-0.2, -0.15) is 0 Å². The summed E-state index contributed by atoms with van der Waals surface area (Å²) in [5, 5.41) is 0. The minimum absolute atomic E-state index is 0.00240. The Balaban J connectivity index is 2.22. The average Bonchev–Trinajstić information content (AvgIpc) is 2.62. The van der Waals surface area contributed by atoms with E-state index in [2.05, 4.69) is 4.74 Å². The monoisotopic (exact) mass is 259 g/mol. The molecule has 0 saturated carbocycles. The number of hydrogen-bond acceptors (Lipinski definition) is 2. The standard InChI is InChI=1S/C12H12F3NO2/c1-8-7-9(18-12(13,14)15)4-5-10(8)16-6-2-3-11(16)17/h4-5,7H,2-3,6H2,1H3. The third-order valence-corrected chi connectivity index (χ3v) is 2.77. The zero-order chi connectivity index (χ0) is 13.3. The van der Waals surface area contributed by atoms with Crippen LogP contribution in [0.2, 0.25) is 0 Å². The van der Waals surface area contributed by atoms with Crippen molar-refractivity contribution in [1.82, 2.24) is 0 Å². The van der Waals surface area contributed by atoms with Crippen LogP contribution in [0.4, 0.5) is 18.9 Å². The van der Waals surface area contributed by atoms with E-state index in [0.717, 1.165) is 6.42 Å². The maximum Gasteiger partial charge on any atom is 0.573 e. The molecule has 0 radical (unpaired) electrons. The molecule has 1 fully saturated rings. The molecule has 0 bridgehead atoms. The number of nitrogens with zero attached hydrogens (tertiary/aromatic N) is 1. The predicted molar refractivity (Wildman–Crippen MR) is 59.4 cm³/mol. The number of anilines is 1. The fourth-order valence-electron chi connectivity index (χ4n) is 2.03. The number of alkyl halides is 3. The van der Waals surface area contributed by atoms with Gasteiger partial charge in [0.25, 0.3) is 0 Å². The van der Waals surface area contributed by atoms with Gasteiger partial charge in [-0.1, -0.05) is 0 Å². The second-order valence-corrected chi connectivity index (χ2v) is 4.15. The van der Waals surface area contributed by atoms with Gasteiger partial charge in [-0.15, -0.1) is 13.2 Å². The molecule has 0 unspecified atom stereocenters. The van der Waals surface area contributed by atoms with Gasteiger partial charge in [0.05, 0.1) is 0 Å². The Bertz CT molecular complexity index is 471. The highest BCUT2D eigenvalue weighted by molar-refractivity contribution is 5.96. The quantitative estimate of drug-likeness (QED) is 0.817. The van der Waals surface area contributed by atoms with E-state index in [1.165, 1.54) is 18.2 Å². The van der Waals surface area contributed by atoms with Crippen molar-refractivity contribution in [2.45, 2.75) is 26.1 Å². The Morgan fingerprint density at radius 3 is 2.56 bits per heavy atom. The molecule has 1 aromatic carbocycles. The fraction of sp³-hybridized carbons (Fsp3) is 0.417. The largest absolute Gasteiger partial charge is 0.573 e. The van der Waals surface area contributed by atoms with Crippen molar-refractivity contribution in [1.29, 1.82) is 0 Å². The van der Waals surface area contributed by atoms with Crippen LogP contribution in [0.25, 0.3) is 0 Å². The van der Waals surface area contributed by atoms with Crippen molar-refractivity contribution in [2.75, 3.05) is 11.4 Å². The summed E-state index contributed by atoms with van der Waals surface area (Å²) in [6.45, 7) is 2.27. The highest BCUT2D eigenvalue weighted by Gasteiger charge is 2.31. The van der Waals surface area contributed by atoms with Crippen molar-refractivity contribution in [2.24, 2.45) is 0 Å². The Morgan fingerprint density at radius 2 is 2.06 bits per heavy atom. The molecule has 0 N–H and O–H groups in total. The number of aryl methyl sites for hydroxylation is 1. The fourth-order valence-corrected chi connectivity index (χ4v) is 2.03. The SMILES string of the molecule is Cc1cc(OC(F)(F)F)ccc1N1CCCC1=O. The molecule has 1 amide bonds. The van der Waals surface area contributed by atoms with E-state index in [4.69, 9.17) is 0 Å². The van der Waals surface area contributed by atoms with Crippen LogP contribution >= 0.6 is 0 Å². The number of rotatable bonds is 2. The minimum Gasteiger partial charge on any atom is -0.406 e. The molecule has 1 aliphatic heterocycles. The molecular weight excluding hydrogens is 247 g/mol. The third-order valence-electron chi connectivity index (χ3n) is 2.77. The third kappa shape index (κ3) is 2.75. The van der Waals surface area contributed by atoms with Crippen molar-refractivity contribution < 1.29 is 22.7 Å². The van der Waals surface area contributed by atoms with Crippen molar-refractivity contribution >= 4 is 11.6 Å². The first-order valence-corrected chi connectivity index (χ1v) is 5.53. The van der Waals surface area contributed by atoms with Crippen LogP contribution in [0.5, 0.6) is 5.75 Å². The van der Waals surface area contributed by atoms with Gasteiger partial charge in [-0.25, -0.2) is 0 Å². The summed E-state index contributed by atoms with van der Waals surface area (Å²) in [5.74, 6) is -0.266. The first kappa shape index (κ1) is 12.7. The van der Waals surface area contributed by atoms with Gasteiger partial charge in [0.2, 0.25) is 5.91 Å². The second kappa shape index (κ2) is 4.51. The zero-order valence-corrected chi connectivity index (χ0v) is 9.75. The summed E-state index contributed by atoms with van der Waals surface area (Å²) >= 11 is 0. The van der Waals surface area contributed by atoms with Gasteiger partial charge in [0.15, 0.2) is 0 Å². The Morgan fingerprint density at radius 1 is 1.33 bits per heavy atom. The van der Waals surface area contributed by atoms with E-state index in [-0.39, 0.29) is 11.7 Å². The number of amides is 1. The summed E-state index contributed by atoms with van der Waals surface area (Å²) in [5.41, 5.74) is 1.24. The van der Waals surface area contributed by atoms with E-state index >= 15 is 0 Å². The Kier molecular flexibility index (Phi) is 3.19. The van der Waals surface area contributed by atoms with E-state index in [0.29, 0.717) is 24.2 Å². The molecule has 98 valence electrons. The van der Waals surface area contributed by atoms with Crippen LogP contribution in [-0.4, -0.2) is 18.8 Å². The van der Waals surface area contributed by atoms with Gasteiger partial charge in [0.1, 0.15) is 5.75 Å². The van der Waals surface area contributed by atoms with Gasteiger partial charge in [0, 0.05) is 18.7 Å². The number of carbonyl (C=O) groups is 1. The van der Waals surface area contributed by atoms with E-state index in [9.17, 15) is 18.0 Å². The summed E-state index contributed by atoms with van der Waals surface area (Å²) in [4.78, 5) is 13.1. The molecule has 2 rings (SSSR count). The lowest BCUT2D eigenvalue weighted by Crippen LogP contribution is -2.24. The predicted octanol–water partition coefficient (Wildman–Crippen LogP) is 3.02. The van der Waals surface area contributed by atoms with E-state index in [1.54, 1.807) is 11.8 Å². The van der Waals surface area contributed by atoms with Gasteiger partial charge >= 0.3 is 6.36 Å². The van der Waals surface area contributed by atoms with Crippen LogP contribution in [0, 0.1) is 6.92 Å². The summed E-state index contributed by atoms with van der Waals surface area (Å²) in [6, 6.07) is 4.00. The van der Waals surface area contributed by atoms with Crippen LogP contribution in [0.1, 0.15) is 18.4 Å². The molecule has 0 spiro atoms. The van der Waals surface area contributed by atoms with Gasteiger partial charge in [-0.3, -0.25) is 4.79 Å². The van der Waals surface area contributed by atoms with Gasteiger partial charge in [-0.05, 0) is 37.1 Å². The van der Waals surface area contributed by atoms with E-state index < -0.39 is 6.36 Å². The van der Waals surface area contributed by atoms with Crippen molar-refractivity contribution in [3.63, 3.8) is 0 Å². The lowest BCUT2D eigenvalue weighted by atomic mass is 10.1. The molecule has 1 saturated heterocycles. The van der Waals surface area contributed by atoms with Crippen LogP contribution in [0.15, 0.2) is 18.2 Å². The lowest BCUT2D eigenvalue weighted by Gasteiger charge is -2.19. The molecule has 0 aliphatic carbocycles. The number of hydrogen-bond donors (Lipinski definition) is 0. The summed E-state index contributed by atoms with van der Waals surface area (Å²) < 4.78 is 40.0. The average molecular weight is 259 g/mol. The van der Waals surface area contributed by atoms with Crippen LogP contribution < -0.4 is 9.64 Å². The number of halogens is 3. The normalized spacial score (nSPS) is 16.2. The molecule has 1 aliphatic rings. The molecule has 0 atom stereocenters. The number of ether oxygens (including phenoxy) is 1. The lowest BCUT2D eigenvalue weighted by molar-refractivity contribution is -0.274. The first-order chi connectivity index (χ1) is 8.37. The number of carbonyl (C=O) groups excluding carboxylic acids is 1. The zero-order valence-electron chi connectivity index (χ0n) is 9.75. The second-order valence-electron chi connectivity index (χ2n) is 4.15. The summed E-state index contributed by atoms with van der Waals surface area (Å²) in [6.07, 6.45) is -3.43. The maximum absolute atomic E-state index is 12.0. The molecule has 6 heteroatoms. The van der Waals surface area contributed by atoms with Crippen molar-refractivity contribution in [3.8, 4) is 5.75 Å². The van der Waals surface area contributed by atoms with Crippen LogP contribution in [0.3, 0.4) is 0 Å². The molecule has 18 heavy (non-hydrogen) atoms. The number of benzene rings is 1.